The summed E-state index contributed by atoms with van der Waals surface area (Å²) in [6.45, 7) is 12.1. The Balaban J connectivity index is 1.63. The average Bonchev–Trinajstić information content (AvgIpc) is 3.28. The fourth-order valence-electron chi connectivity index (χ4n) is 5.34. The van der Waals surface area contributed by atoms with Crippen molar-refractivity contribution >= 4 is 17.8 Å². The lowest BCUT2D eigenvalue weighted by Crippen LogP contribution is -2.53. The van der Waals surface area contributed by atoms with Crippen molar-refractivity contribution in [3.8, 4) is 0 Å². The second-order valence-electron chi connectivity index (χ2n) is 12.1. The Hall–Kier alpha value is -3.03. The summed E-state index contributed by atoms with van der Waals surface area (Å²) in [6, 6.07) is 5.76. The molecule has 8 nitrogen and oxygen atoms in total. The van der Waals surface area contributed by atoms with Crippen LogP contribution in [0.5, 0.6) is 0 Å². The van der Waals surface area contributed by atoms with Crippen LogP contribution >= 0.6 is 0 Å². The van der Waals surface area contributed by atoms with Gasteiger partial charge in [-0.05, 0) is 89.0 Å². The van der Waals surface area contributed by atoms with Crippen molar-refractivity contribution in [3.05, 3.63) is 47.0 Å². The van der Waals surface area contributed by atoms with E-state index in [1.165, 1.54) is 12.0 Å². The van der Waals surface area contributed by atoms with Gasteiger partial charge in [0.2, 0.25) is 0 Å². The van der Waals surface area contributed by atoms with Gasteiger partial charge < -0.3 is 24.3 Å². The number of amides is 2. The van der Waals surface area contributed by atoms with E-state index in [4.69, 9.17) is 14.1 Å². The molecule has 1 aliphatic heterocycles. The Morgan fingerprint density at radius 2 is 2.00 bits per heavy atom. The summed E-state index contributed by atoms with van der Waals surface area (Å²) in [5, 5.41) is 3.39. The van der Waals surface area contributed by atoms with Crippen LogP contribution in [0.25, 0.3) is 0 Å². The molecule has 0 saturated carbocycles. The molecule has 208 valence electrons. The Kier molecular flexibility index (Phi) is 9.00. The van der Waals surface area contributed by atoms with Gasteiger partial charge in [-0.2, -0.15) is 0 Å². The number of carbonyl (C=O) groups is 2. The number of aromatic nitrogens is 1. The molecule has 1 saturated heterocycles. The normalized spacial score (nSPS) is 18.1. The zero-order valence-electron chi connectivity index (χ0n) is 23.7. The third-order valence-corrected chi connectivity index (χ3v) is 7.10. The van der Waals surface area contributed by atoms with Gasteiger partial charge >= 0.3 is 6.09 Å². The van der Waals surface area contributed by atoms with Crippen molar-refractivity contribution in [2.75, 3.05) is 25.0 Å². The van der Waals surface area contributed by atoms with Crippen molar-refractivity contribution in [2.24, 2.45) is 5.92 Å². The minimum atomic E-state index is -0.556. The minimum Gasteiger partial charge on any atom is -0.467 e. The zero-order valence-corrected chi connectivity index (χ0v) is 23.7. The Bertz CT molecular complexity index is 1090. The van der Waals surface area contributed by atoms with Gasteiger partial charge in [-0.25, -0.2) is 9.78 Å². The maximum absolute atomic E-state index is 14.3. The van der Waals surface area contributed by atoms with Crippen LogP contribution in [0, 0.1) is 5.92 Å². The van der Waals surface area contributed by atoms with Gasteiger partial charge in [0.1, 0.15) is 17.2 Å². The van der Waals surface area contributed by atoms with E-state index >= 15 is 0 Å². The molecule has 3 heterocycles. The maximum atomic E-state index is 14.3. The van der Waals surface area contributed by atoms with Crippen molar-refractivity contribution in [2.45, 2.75) is 97.8 Å². The molecule has 2 amide bonds. The fourth-order valence-corrected chi connectivity index (χ4v) is 5.34. The van der Waals surface area contributed by atoms with Crippen molar-refractivity contribution in [1.82, 2.24) is 14.8 Å². The molecule has 1 N–H and O–H groups in total. The molecule has 1 atom stereocenters. The van der Waals surface area contributed by atoms with Gasteiger partial charge in [-0.3, -0.25) is 4.79 Å². The SMILES string of the molecule is CC(C)CN(C(=O)c1cc2c(nc1NCc1ccco1)CCCCC2)C1CCCN(C(=O)OC(C)(C)C)C1. The predicted molar refractivity (Wildman–Crippen MR) is 148 cm³/mol. The van der Waals surface area contributed by atoms with Gasteiger partial charge in [0, 0.05) is 31.4 Å². The Labute approximate surface area is 227 Å². The number of ether oxygens (including phenoxy) is 1. The Morgan fingerprint density at radius 3 is 2.71 bits per heavy atom. The standard InChI is InChI=1S/C30H44N4O4/c1-21(2)19-34(23-12-9-15-33(20-23)29(36)38-30(3,4)5)28(35)25-17-22-11-7-6-8-14-26(22)32-27(25)31-18-24-13-10-16-37-24/h10,13,16-17,21,23H,6-9,11-12,14-15,18-20H2,1-5H3,(H,31,32). The molecule has 1 fully saturated rings. The van der Waals surface area contributed by atoms with E-state index < -0.39 is 5.60 Å². The van der Waals surface area contributed by atoms with E-state index in [9.17, 15) is 9.59 Å². The van der Waals surface area contributed by atoms with E-state index in [0.717, 1.165) is 50.0 Å². The second kappa shape index (κ2) is 12.2. The first-order chi connectivity index (χ1) is 18.1. The summed E-state index contributed by atoms with van der Waals surface area (Å²) in [5.74, 6) is 1.65. The molecule has 2 aromatic rings. The van der Waals surface area contributed by atoms with Crippen LogP contribution < -0.4 is 5.32 Å². The number of furan rings is 1. The molecule has 38 heavy (non-hydrogen) atoms. The topological polar surface area (TPSA) is 87.9 Å². The maximum Gasteiger partial charge on any atom is 0.410 e. The third-order valence-electron chi connectivity index (χ3n) is 7.10. The zero-order chi connectivity index (χ0) is 27.3. The van der Waals surface area contributed by atoms with Gasteiger partial charge in [0.25, 0.3) is 5.91 Å². The highest BCUT2D eigenvalue weighted by atomic mass is 16.6. The fraction of sp³-hybridized carbons (Fsp3) is 0.633. The van der Waals surface area contributed by atoms with E-state index in [0.29, 0.717) is 37.6 Å². The minimum absolute atomic E-state index is 0.0313. The molecular formula is C30H44N4O4. The van der Waals surface area contributed by atoms with Crippen LogP contribution in [-0.2, 0) is 24.1 Å². The highest BCUT2D eigenvalue weighted by Gasteiger charge is 2.34. The van der Waals surface area contributed by atoms with E-state index in [2.05, 4.69) is 25.2 Å². The monoisotopic (exact) mass is 524 g/mol. The van der Waals surface area contributed by atoms with Crippen LogP contribution in [0.3, 0.4) is 0 Å². The summed E-state index contributed by atoms with van der Waals surface area (Å²) in [7, 11) is 0. The number of pyridine rings is 1. The van der Waals surface area contributed by atoms with Crippen LogP contribution in [0.15, 0.2) is 28.9 Å². The summed E-state index contributed by atoms with van der Waals surface area (Å²) >= 11 is 0. The number of rotatable bonds is 7. The molecule has 1 unspecified atom stereocenters. The van der Waals surface area contributed by atoms with Crippen LogP contribution in [-0.4, -0.2) is 58.1 Å². The molecule has 8 heteroatoms. The predicted octanol–water partition coefficient (Wildman–Crippen LogP) is 6.05. The molecule has 0 spiro atoms. The molecule has 2 aromatic heterocycles. The lowest BCUT2D eigenvalue weighted by atomic mass is 10.00. The lowest BCUT2D eigenvalue weighted by Gasteiger charge is -2.40. The summed E-state index contributed by atoms with van der Waals surface area (Å²) in [6.07, 6.45) is 8.31. The van der Waals surface area contributed by atoms with Crippen molar-refractivity contribution in [1.29, 1.82) is 0 Å². The molecule has 4 rings (SSSR count). The van der Waals surface area contributed by atoms with Crippen LogP contribution in [0.2, 0.25) is 0 Å². The van der Waals surface area contributed by atoms with Gasteiger partial charge in [-0.1, -0.05) is 20.3 Å². The molecule has 0 aromatic carbocycles. The lowest BCUT2D eigenvalue weighted by molar-refractivity contribution is 0.00946. The number of nitrogens with one attached hydrogen (secondary N) is 1. The number of aryl methyl sites for hydroxylation is 2. The quantitative estimate of drug-likeness (QED) is 0.444. The van der Waals surface area contributed by atoms with E-state index in [-0.39, 0.29) is 24.0 Å². The summed E-state index contributed by atoms with van der Waals surface area (Å²) in [5.41, 5.74) is 2.31. The first kappa shape index (κ1) is 28.0. The third kappa shape index (κ3) is 7.29. The number of hydrogen-bond donors (Lipinski definition) is 1. The molecule has 2 aliphatic rings. The van der Waals surface area contributed by atoms with Crippen molar-refractivity contribution in [3.63, 3.8) is 0 Å². The number of carbonyl (C=O) groups excluding carboxylic acids is 2. The largest absolute Gasteiger partial charge is 0.467 e. The molecule has 0 radical (unpaired) electrons. The number of anilines is 1. The van der Waals surface area contributed by atoms with Gasteiger partial charge in [-0.15, -0.1) is 0 Å². The summed E-state index contributed by atoms with van der Waals surface area (Å²) in [4.78, 5) is 35.9. The first-order valence-electron chi connectivity index (χ1n) is 14.2. The van der Waals surface area contributed by atoms with Gasteiger partial charge in [0.05, 0.1) is 18.4 Å². The second-order valence-corrected chi connectivity index (χ2v) is 12.1. The molecule has 0 bridgehead atoms. The average molecular weight is 525 g/mol. The number of hydrogen-bond acceptors (Lipinski definition) is 6. The van der Waals surface area contributed by atoms with E-state index in [1.54, 1.807) is 11.2 Å². The molecule has 1 aliphatic carbocycles. The van der Waals surface area contributed by atoms with Crippen LogP contribution in [0.4, 0.5) is 10.6 Å². The van der Waals surface area contributed by atoms with Crippen molar-refractivity contribution < 1.29 is 18.7 Å². The van der Waals surface area contributed by atoms with Gasteiger partial charge in [0.15, 0.2) is 0 Å². The summed E-state index contributed by atoms with van der Waals surface area (Å²) < 4.78 is 11.2. The Morgan fingerprint density at radius 1 is 1.21 bits per heavy atom. The first-order valence-corrected chi connectivity index (χ1v) is 14.2. The number of nitrogens with zero attached hydrogens (tertiary/aromatic N) is 3. The van der Waals surface area contributed by atoms with Crippen LogP contribution in [0.1, 0.15) is 94.1 Å². The number of fused-ring (bicyclic) bond motifs is 1. The smallest absolute Gasteiger partial charge is 0.410 e. The molecular weight excluding hydrogens is 480 g/mol. The highest BCUT2D eigenvalue weighted by Crippen LogP contribution is 2.28. The number of likely N-dealkylation sites (tertiary alicyclic amines) is 1. The highest BCUT2D eigenvalue weighted by molar-refractivity contribution is 5.99. The van der Waals surface area contributed by atoms with E-state index in [1.807, 2.05) is 37.8 Å². The number of piperidine rings is 1.